The van der Waals surface area contributed by atoms with E-state index in [1.807, 2.05) is 7.05 Å². The zero-order valence-electron chi connectivity index (χ0n) is 15.9. The van der Waals surface area contributed by atoms with Crippen LogP contribution in [-0.4, -0.2) is 52.5 Å². The number of guanidine groups is 1. The molecule has 1 unspecified atom stereocenters. The molecular weight excluding hydrogens is 314 g/mol. The van der Waals surface area contributed by atoms with Crippen molar-refractivity contribution in [3.63, 3.8) is 0 Å². The van der Waals surface area contributed by atoms with Gasteiger partial charge < -0.3 is 20.1 Å². The summed E-state index contributed by atoms with van der Waals surface area (Å²) in [6, 6.07) is 6.70. The minimum Gasteiger partial charge on any atom is -0.381 e. The fraction of sp³-hybridized carbons (Fsp3) is 0.650. The Morgan fingerprint density at radius 1 is 1.20 bits per heavy atom. The SMILES string of the molecule is CN=C(NCCCOCC1CCOC1)NCCc1cc(C)cc(C)c1. The smallest absolute Gasteiger partial charge is 0.190 e. The van der Waals surface area contributed by atoms with Crippen molar-refractivity contribution in [2.75, 3.05) is 46.6 Å². The summed E-state index contributed by atoms with van der Waals surface area (Å²) >= 11 is 0. The normalized spacial score (nSPS) is 17.7. The van der Waals surface area contributed by atoms with Crippen LogP contribution < -0.4 is 10.6 Å². The van der Waals surface area contributed by atoms with E-state index in [0.717, 1.165) is 64.7 Å². The predicted octanol–water partition coefficient (Wildman–Crippen LogP) is 2.45. The first kappa shape index (κ1) is 19.7. The number of ether oxygens (including phenoxy) is 2. The Kier molecular flexibility index (Phi) is 8.77. The third-order valence-corrected chi connectivity index (χ3v) is 4.35. The molecule has 1 fully saturated rings. The van der Waals surface area contributed by atoms with Gasteiger partial charge in [0.15, 0.2) is 5.96 Å². The molecule has 2 N–H and O–H groups in total. The second kappa shape index (κ2) is 11.1. The summed E-state index contributed by atoms with van der Waals surface area (Å²) in [4.78, 5) is 4.27. The molecule has 5 nitrogen and oxygen atoms in total. The topological polar surface area (TPSA) is 54.9 Å². The van der Waals surface area contributed by atoms with E-state index in [1.165, 1.54) is 16.7 Å². The molecule has 0 spiro atoms. The molecule has 0 radical (unpaired) electrons. The molecule has 1 saturated heterocycles. The van der Waals surface area contributed by atoms with E-state index in [4.69, 9.17) is 9.47 Å². The van der Waals surface area contributed by atoms with Crippen LogP contribution in [0.2, 0.25) is 0 Å². The lowest BCUT2D eigenvalue weighted by Crippen LogP contribution is -2.39. The number of aliphatic imine (C=N–C) groups is 1. The molecule has 2 rings (SSSR count). The molecule has 0 amide bonds. The molecule has 0 aliphatic carbocycles. The van der Waals surface area contributed by atoms with Crippen LogP contribution in [0.25, 0.3) is 0 Å². The Morgan fingerprint density at radius 3 is 2.64 bits per heavy atom. The van der Waals surface area contributed by atoms with Crippen molar-refractivity contribution in [3.05, 3.63) is 34.9 Å². The van der Waals surface area contributed by atoms with E-state index in [1.54, 1.807) is 0 Å². The number of rotatable bonds is 9. The Labute approximate surface area is 152 Å². The standard InChI is InChI=1S/C20H33N3O2/c1-16-11-17(2)13-18(12-16)5-8-23-20(21-3)22-7-4-9-24-14-19-6-10-25-15-19/h11-13,19H,4-10,14-15H2,1-3H3,(H2,21,22,23). The summed E-state index contributed by atoms with van der Waals surface area (Å²) in [5, 5.41) is 6.72. The fourth-order valence-corrected chi connectivity index (χ4v) is 3.10. The van der Waals surface area contributed by atoms with Gasteiger partial charge in [-0.1, -0.05) is 29.3 Å². The highest BCUT2D eigenvalue weighted by Gasteiger charge is 2.15. The van der Waals surface area contributed by atoms with Gasteiger partial charge in [0, 0.05) is 39.3 Å². The first-order valence-electron chi connectivity index (χ1n) is 9.34. The molecule has 140 valence electrons. The summed E-state index contributed by atoms with van der Waals surface area (Å²) in [7, 11) is 1.81. The molecule has 1 aromatic rings. The monoisotopic (exact) mass is 347 g/mol. The van der Waals surface area contributed by atoms with Crippen LogP contribution in [0.15, 0.2) is 23.2 Å². The number of benzene rings is 1. The summed E-state index contributed by atoms with van der Waals surface area (Å²) in [6.45, 7) is 9.38. The average Bonchev–Trinajstić information content (AvgIpc) is 3.08. The maximum atomic E-state index is 5.71. The van der Waals surface area contributed by atoms with Gasteiger partial charge in [0.2, 0.25) is 0 Å². The van der Waals surface area contributed by atoms with Crippen molar-refractivity contribution in [2.24, 2.45) is 10.9 Å². The molecule has 1 heterocycles. The maximum Gasteiger partial charge on any atom is 0.190 e. The summed E-state index contributed by atoms with van der Waals surface area (Å²) < 4.78 is 11.1. The molecular formula is C20H33N3O2. The second-order valence-corrected chi connectivity index (χ2v) is 6.83. The van der Waals surface area contributed by atoms with Crippen molar-refractivity contribution in [1.82, 2.24) is 10.6 Å². The molecule has 5 heteroatoms. The minimum atomic E-state index is 0.590. The van der Waals surface area contributed by atoms with Crippen LogP contribution in [0.3, 0.4) is 0 Å². The van der Waals surface area contributed by atoms with Crippen molar-refractivity contribution in [1.29, 1.82) is 0 Å². The van der Waals surface area contributed by atoms with Crippen LogP contribution in [0, 0.1) is 19.8 Å². The fourth-order valence-electron chi connectivity index (χ4n) is 3.10. The van der Waals surface area contributed by atoms with E-state index in [-0.39, 0.29) is 0 Å². The first-order valence-corrected chi connectivity index (χ1v) is 9.34. The van der Waals surface area contributed by atoms with E-state index in [9.17, 15) is 0 Å². The third kappa shape index (κ3) is 7.88. The van der Waals surface area contributed by atoms with Crippen LogP contribution in [-0.2, 0) is 15.9 Å². The highest BCUT2D eigenvalue weighted by atomic mass is 16.5. The van der Waals surface area contributed by atoms with Gasteiger partial charge in [-0.15, -0.1) is 0 Å². The number of nitrogens with one attached hydrogen (secondary N) is 2. The van der Waals surface area contributed by atoms with Gasteiger partial charge in [-0.05, 0) is 38.7 Å². The van der Waals surface area contributed by atoms with Crippen LogP contribution in [0.4, 0.5) is 0 Å². The van der Waals surface area contributed by atoms with Gasteiger partial charge in [-0.2, -0.15) is 0 Å². The van der Waals surface area contributed by atoms with E-state index < -0.39 is 0 Å². The van der Waals surface area contributed by atoms with E-state index in [0.29, 0.717) is 5.92 Å². The average molecular weight is 348 g/mol. The third-order valence-electron chi connectivity index (χ3n) is 4.35. The predicted molar refractivity (Wildman–Crippen MR) is 103 cm³/mol. The van der Waals surface area contributed by atoms with Gasteiger partial charge in [0.05, 0.1) is 13.2 Å². The number of nitrogens with zero attached hydrogens (tertiary/aromatic N) is 1. The molecule has 1 aromatic carbocycles. The Balaban J connectivity index is 1.54. The summed E-state index contributed by atoms with van der Waals surface area (Å²) in [5.74, 6) is 1.45. The Hall–Kier alpha value is -1.59. The Bertz CT molecular complexity index is 519. The van der Waals surface area contributed by atoms with E-state index >= 15 is 0 Å². The first-order chi connectivity index (χ1) is 12.2. The quantitative estimate of drug-likeness (QED) is 0.409. The highest BCUT2D eigenvalue weighted by Crippen LogP contribution is 2.12. The van der Waals surface area contributed by atoms with Crippen molar-refractivity contribution in [2.45, 2.75) is 33.1 Å². The van der Waals surface area contributed by atoms with E-state index in [2.05, 4.69) is 47.7 Å². The van der Waals surface area contributed by atoms with Gasteiger partial charge in [-0.25, -0.2) is 0 Å². The van der Waals surface area contributed by atoms with Crippen molar-refractivity contribution >= 4 is 5.96 Å². The lowest BCUT2D eigenvalue weighted by Gasteiger charge is -2.13. The zero-order chi connectivity index (χ0) is 17.9. The highest BCUT2D eigenvalue weighted by molar-refractivity contribution is 5.79. The minimum absolute atomic E-state index is 0.590. The summed E-state index contributed by atoms with van der Waals surface area (Å²) in [6.07, 6.45) is 3.11. The van der Waals surface area contributed by atoms with Gasteiger partial charge in [0.1, 0.15) is 0 Å². The zero-order valence-corrected chi connectivity index (χ0v) is 15.9. The van der Waals surface area contributed by atoms with Crippen molar-refractivity contribution in [3.8, 4) is 0 Å². The summed E-state index contributed by atoms with van der Waals surface area (Å²) in [5.41, 5.74) is 4.01. The number of hydrogen-bond acceptors (Lipinski definition) is 3. The molecule has 0 bridgehead atoms. The number of hydrogen-bond donors (Lipinski definition) is 2. The lowest BCUT2D eigenvalue weighted by atomic mass is 10.1. The van der Waals surface area contributed by atoms with Crippen LogP contribution >= 0.6 is 0 Å². The maximum absolute atomic E-state index is 5.71. The molecule has 1 aliphatic heterocycles. The van der Waals surface area contributed by atoms with Crippen molar-refractivity contribution < 1.29 is 9.47 Å². The Morgan fingerprint density at radius 2 is 1.96 bits per heavy atom. The van der Waals surface area contributed by atoms with Crippen LogP contribution in [0.5, 0.6) is 0 Å². The van der Waals surface area contributed by atoms with Crippen LogP contribution in [0.1, 0.15) is 29.5 Å². The molecule has 1 aliphatic rings. The number of aryl methyl sites for hydroxylation is 2. The molecule has 1 atom stereocenters. The molecule has 0 aromatic heterocycles. The largest absolute Gasteiger partial charge is 0.381 e. The second-order valence-electron chi connectivity index (χ2n) is 6.83. The molecule has 0 saturated carbocycles. The van der Waals surface area contributed by atoms with Gasteiger partial charge in [-0.3, -0.25) is 4.99 Å². The van der Waals surface area contributed by atoms with Gasteiger partial charge in [0.25, 0.3) is 0 Å². The lowest BCUT2D eigenvalue weighted by molar-refractivity contribution is 0.0888. The van der Waals surface area contributed by atoms with Gasteiger partial charge >= 0.3 is 0 Å². The molecule has 25 heavy (non-hydrogen) atoms.